The van der Waals surface area contributed by atoms with Gasteiger partial charge in [0.15, 0.2) is 5.82 Å². The summed E-state index contributed by atoms with van der Waals surface area (Å²) in [6.45, 7) is 2.68. The van der Waals surface area contributed by atoms with Gasteiger partial charge in [-0.2, -0.15) is 10.1 Å². The third-order valence-corrected chi connectivity index (χ3v) is 7.07. The number of carbonyl (C=O) groups excluding carboxylic acids is 1. The molecular formula is C22H30N6O2. The Kier molecular flexibility index (Phi) is 4.87. The van der Waals surface area contributed by atoms with Gasteiger partial charge in [-0.15, -0.1) is 0 Å². The zero-order chi connectivity index (χ0) is 20.7. The number of hydrogen-bond donors (Lipinski definition) is 2. The van der Waals surface area contributed by atoms with Crippen molar-refractivity contribution in [2.24, 2.45) is 0 Å². The Morgan fingerprint density at radius 2 is 2.07 bits per heavy atom. The summed E-state index contributed by atoms with van der Waals surface area (Å²) in [5.74, 6) is 2.58. The third-order valence-electron chi connectivity index (χ3n) is 7.07. The molecule has 3 aliphatic rings. The van der Waals surface area contributed by atoms with Gasteiger partial charge in [0, 0.05) is 29.8 Å². The molecule has 8 heteroatoms. The molecule has 1 saturated heterocycles. The van der Waals surface area contributed by atoms with E-state index in [0.29, 0.717) is 11.9 Å². The number of H-pyrrole nitrogens is 1. The summed E-state index contributed by atoms with van der Waals surface area (Å²) in [6.07, 6.45) is 9.69. The normalized spacial score (nSPS) is 23.7. The predicted molar refractivity (Wildman–Crippen MR) is 114 cm³/mol. The number of rotatable bonds is 5. The maximum Gasteiger partial charge on any atom is 0.331 e. The minimum atomic E-state index is -0.721. The van der Waals surface area contributed by atoms with Crippen LogP contribution in [0.25, 0.3) is 0 Å². The van der Waals surface area contributed by atoms with Gasteiger partial charge in [0.25, 0.3) is 0 Å². The molecule has 2 N–H and O–H groups in total. The first-order chi connectivity index (χ1) is 14.6. The molecule has 1 saturated carbocycles. The highest BCUT2D eigenvalue weighted by Crippen LogP contribution is 2.37. The summed E-state index contributed by atoms with van der Waals surface area (Å²) in [7, 11) is 1.44. The highest BCUT2D eigenvalue weighted by Gasteiger charge is 2.46. The van der Waals surface area contributed by atoms with E-state index in [-0.39, 0.29) is 5.97 Å². The molecule has 2 aromatic rings. The number of carbonyl (C=O) groups is 1. The van der Waals surface area contributed by atoms with Gasteiger partial charge >= 0.3 is 5.97 Å². The molecular weight excluding hydrogens is 380 g/mol. The molecule has 2 fully saturated rings. The van der Waals surface area contributed by atoms with Gasteiger partial charge in [0.1, 0.15) is 11.4 Å². The maximum absolute atomic E-state index is 12.5. The number of anilines is 3. The second kappa shape index (κ2) is 7.56. The molecule has 1 atom stereocenters. The third kappa shape index (κ3) is 3.22. The van der Waals surface area contributed by atoms with Crippen molar-refractivity contribution in [1.29, 1.82) is 0 Å². The molecule has 0 amide bonds. The Morgan fingerprint density at radius 3 is 2.87 bits per heavy atom. The zero-order valence-corrected chi connectivity index (χ0v) is 17.8. The second-order valence-electron chi connectivity index (χ2n) is 8.99. The lowest BCUT2D eigenvalue weighted by atomic mass is 9.99. The number of ether oxygens (including phenoxy) is 1. The number of nitrogens with zero attached hydrogens (tertiary/aromatic N) is 4. The van der Waals surface area contributed by atoms with Gasteiger partial charge in [-0.1, -0.05) is 12.8 Å². The Hall–Kier alpha value is -2.64. The minimum absolute atomic E-state index is 0.230. The fraction of sp³-hybridized carbons (Fsp3) is 0.636. The number of aromatic amines is 1. The minimum Gasteiger partial charge on any atom is -0.467 e. The van der Waals surface area contributed by atoms with Gasteiger partial charge in [-0.25, -0.2) is 9.78 Å². The number of aryl methyl sites for hydroxylation is 1. The molecule has 8 nitrogen and oxygen atoms in total. The van der Waals surface area contributed by atoms with Crippen molar-refractivity contribution in [2.75, 3.05) is 23.9 Å². The predicted octanol–water partition coefficient (Wildman–Crippen LogP) is 3.62. The Labute approximate surface area is 176 Å². The summed E-state index contributed by atoms with van der Waals surface area (Å²) in [4.78, 5) is 24.3. The van der Waals surface area contributed by atoms with Crippen molar-refractivity contribution in [3.05, 3.63) is 23.0 Å². The highest BCUT2D eigenvalue weighted by molar-refractivity contribution is 5.85. The topological polar surface area (TPSA) is 96.0 Å². The van der Waals surface area contributed by atoms with E-state index in [2.05, 4.69) is 21.6 Å². The van der Waals surface area contributed by atoms with Gasteiger partial charge in [0.05, 0.1) is 12.8 Å². The van der Waals surface area contributed by atoms with Crippen LogP contribution in [0.4, 0.5) is 17.6 Å². The molecule has 160 valence electrons. The SMILES string of the molecule is COC(=O)C1(C)CCCN1c1nc2c(c(Nc3cc(C4CCCC4)[nH]n3)n1)CCC2. The second-order valence-corrected chi connectivity index (χ2v) is 8.99. The highest BCUT2D eigenvalue weighted by atomic mass is 16.5. The van der Waals surface area contributed by atoms with Gasteiger partial charge < -0.3 is 15.0 Å². The lowest BCUT2D eigenvalue weighted by Crippen LogP contribution is -2.49. The number of esters is 1. The summed E-state index contributed by atoms with van der Waals surface area (Å²) in [5, 5.41) is 11.2. The van der Waals surface area contributed by atoms with E-state index in [1.165, 1.54) is 44.1 Å². The van der Waals surface area contributed by atoms with E-state index in [0.717, 1.165) is 56.0 Å². The van der Waals surface area contributed by atoms with Crippen LogP contribution >= 0.6 is 0 Å². The average molecular weight is 411 g/mol. The van der Waals surface area contributed by atoms with E-state index in [1.54, 1.807) is 0 Å². The van der Waals surface area contributed by atoms with Crippen molar-refractivity contribution in [2.45, 2.75) is 76.2 Å². The summed E-state index contributed by atoms with van der Waals surface area (Å²) in [6, 6.07) is 2.12. The monoisotopic (exact) mass is 410 g/mol. The number of methoxy groups -OCH3 is 1. The number of fused-ring (bicyclic) bond motifs is 1. The standard InChI is InChI=1S/C22H30N6O2/c1-22(20(29)30-2)11-6-12-28(22)21-23-16-10-5-9-15(16)19(25-21)24-18-13-17(26-27-18)14-7-3-4-8-14/h13-14H,3-12H2,1-2H3,(H2,23,24,25,26,27). The molecule has 0 spiro atoms. The molecule has 1 aliphatic heterocycles. The first-order valence-electron chi connectivity index (χ1n) is 11.2. The molecule has 0 bridgehead atoms. The molecule has 0 radical (unpaired) electrons. The summed E-state index contributed by atoms with van der Waals surface area (Å²) >= 11 is 0. The van der Waals surface area contributed by atoms with Gasteiger partial charge in [0.2, 0.25) is 5.95 Å². The quantitative estimate of drug-likeness (QED) is 0.727. The van der Waals surface area contributed by atoms with Crippen molar-refractivity contribution >= 4 is 23.6 Å². The Bertz CT molecular complexity index is 951. The van der Waals surface area contributed by atoms with Crippen molar-refractivity contribution in [1.82, 2.24) is 20.2 Å². The zero-order valence-electron chi connectivity index (χ0n) is 17.8. The van der Waals surface area contributed by atoms with Crippen LogP contribution in [0.5, 0.6) is 0 Å². The van der Waals surface area contributed by atoms with Crippen molar-refractivity contribution in [3.63, 3.8) is 0 Å². The average Bonchev–Trinajstić information content (AvgIpc) is 3.52. The van der Waals surface area contributed by atoms with Crippen LogP contribution in [-0.4, -0.2) is 45.3 Å². The molecule has 2 aromatic heterocycles. The fourth-order valence-electron chi connectivity index (χ4n) is 5.33. The van der Waals surface area contributed by atoms with Crippen LogP contribution in [-0.2, 0) is 22.4 Å². The van der Waals surface area contributed by atoms with E-state index in [9.17, 15) is 4.79 Å². The van der Waals surface area contributed by atoms with E-state index < -0.39 is 5.54 Å². The largest absolute Gasteiger partial charge is 0.467 e. The smallest absolute Gasteiger partial charge is 0.331 e. The lowest BCUT2D eigenvalue weighted by Gasteiger charge is -2.33. The van der Waals surface area contributed by atoms with E-state index >= 15 is 0 Å². The van der Waals surface area contributed by atoms with E-state index in [4.69, 9.17) is 14.7 Å². The maximum atomic E-state index is 12.5. The van der Waals surface area contributed by atoms with Crippen LogP contribution in [0, 0.1) is 0 Å². The van der Waals surface area contributed by atoms with E-state index in [1.807, 2.05) is 11.8 Å². The van der Waals surface area contributed by atoms with Crippen LogP contribution < -0.4 is 10.2 Å². The molecule has 5 rings (SSSR count). The number of hydrogen-bond acceptors (Lipinski definition) is 7. The molecule has 3 heterocycles. The lowest BCUT2D eigenvalue weighted by molar-refractivity contribution is -0.146. The molecule has 1 unspecified atom stereocenters. The number of nitrogens with one attached hydrogen (secondary N) is 2. The van der Waals surface area contributed by atoms with Crippen LogP contribution in [0.1, 0.15) is 74.7 Å². The first kappa shape index (κ1) is 19.3. The molecule has 2 aliphatic carbocycles. The van der Waals surface area contributed by atoms with Crippen LogP contribution in [0.15, 0.2) is 6.07 Å². The van der Waals surface area contributed by atoms with Crippen LogP contribution in [0.2, 0.25) is 0 Å². The van der Waals surface area contributed by atoms with Gasteiger partial charge in [-0.3, -0.25) is 5.10 Å². The van der Waals surface area contributed by atoms with Gasteiger partial charge in [-0.05, 0) is 51.9 Å². The Morgan fingerprint density at radius 1 is 1.23 bits per heavy atom. The number of aromatic nitrogens is 4. The first-order valence-corrected chi connectivity index (χ1v) is 11.2. The van der Waals surface area contributed by atoms with Crippen molar-refractivity contribution < 1.29 is 9.53 Å². The Balaban J connectivity index is 1.46. The summed E-state index contributed by atoms with van der Waals surface area (Å²) in [5.41, 5.74) is 2.73. The summed E-state index contributed by atoms with van der Waals surface area (Å²) < 4.78 is 5.09. The molecule has 0 aromatic carbocycles. The van der Waals surface area contributed by atoms with Crippen LogP contribution in [0.3, 0.4) is 0 Å². The van der Waals surface area contributed by atoms with Crippen molar-refractivity contribution in [3.8, 4) is 0 Å². The molecule has 30 heavy (non-hydrogen) atoms. The fourth-order valence-corrected chi connectivity index (χ4v) is 5.33.